The van der Waals surface area contributed by atoms with E-state index >= 15 is 0 Å². The molecule has 0 aliphatic rings. The minimum atomic E-state index is -3.48. The number of hydrogen-bond donors (Lipinski definition) is 2. The van der Waals surface area contributed by atoms with E-state index in [2.05, 4.69) is 16.6 Å². The Balaban J connectivity index is 2.91. The normalized spacial score (nSPS) is 12.6. The van der Waals surface area contributed by atoms with Gasteiger partial charge in [-0.05, 0) is 56.0 Å². The quantitative estimate of drug-likeness (QED) is 0.781. The number of nitrogens with one attached hydrogen (secondary N) is 1. The summed E-state index contributed by atoms with van der Waals surface area (Å²) in [4.78, 5) is 0.273. The summed E-state index contributed by atoms with van der Waals surface area (Å²) in [6, 6.07) is 4.86. The van der Waals surface area contributed by atoms with E-state index in [0.717, 1.165) is 23.3 Å². The third-order valence-corrected chi connectivity index (χ3v) is 5.18. The van der Waals surface area contributed by atoms with Gasteiger partial charge in [0.1, 0.15) is 0 Å². The summed E-state index contributed by atoms with van der Waals surface area (Å²) in [6.07, 6.45) is 2.81. The number of nitrogens with two attached hydrogens (primary N) is 1. The minimum Gasteiger partial charge on any atom is -0.320 e. The molecule has 4 nitrogen and oxygen atoms in total. The fourth-order valence-corrected chi connectivity index (χ4v) is 3.73. The molecule has 3 N–H and O–H groups in total. The van der Waals surface area contributed by atoms with Crippen LogP contribution in [-0.2, 0) is 10.0 Å². The van der Waals surface area contributed by atoms with Crippen molar-refractivity contribution in [2.24, 2.45) is 5.73 Å². The van der Waals surface area contributed by atoms with Gasteiger partial charge in [-0.1, -0.05) is 11.8 Å². The van der Waals surface area contributed by atoms with Gasteiger partial charge in [0.2, 0.25) is 10.0 Å². The summed E-state index contributed by atoms with van der Waals surface area (Å²) in [5.41, 5.74) is 6.97. The predicted octanol–water partition coefficient (Wildman–Crippen LogP) is 1.73. The smallest absolute Gasteiger partial charge is 0.240 e. The van der Waals surface area contributed by atoms with Gasteiger partial charge in [-0.25, -0.2) is 13.1 Å². The fourth-order valence-electron chi connectivity index (χ4n) is 1.78. The molecule has 1 aromatic carbocycles. The van der Waals surface area contributed by atoms with Crippen LogP contribution < -0.4 is 10.5 Å². The van der Waals surface area contributed by atoms with Gasteiger partial charge >= 0.3 is 0 Å². The summed E-state index contributed by atoms with van der Waals surface area (Å²) in [7, 11) is -3.48. The first-order chi connectivity index (χ1) is 9.90. The maximum absolute atomic E-state index is 12.3. The van der Waals surface area contributed by atoms with Gasteiger partial charge in [-0.2, -0.15) is 11.8 Å². The van der Waals surface area contributed by atoms with Crippen molar-refractivity contribution in [1.82, 2.24) is 4.72 Å². The monoisotopic (exact) mass is 326 g/mol. The van der Waals surface area contributed by atoms with E-state index in [0.29, 0.717) is 0 Å². The summed E-state index contributed by atoms with van der Waals surface area (Å²) in [5, 5.41) is 0. The Hall–Kier alpha value is -1.00. The zero-order valence-electron chi connectivity index (χ0n) is 12.6. The van der Waals surface area contributed by atoms with Gasteiger partial charge in [0.05, 0.1) is 11.4 Å². The Kier molecular flexibility index (Phi) is 7.26. The summed E-state index contributed by atoms with van der Waals surface area (Å²) < 4.78 is 27.3. The van der Waals surface area contributed by atoms with Crippen LogP contribution >= 0.6 is 11.8 Å². The van der Waals surface area contributed by atoms with Crippen LogP contribution in [0.15, 0.2) is 23.1 Å². The molecule has 1 aromatic rings. The van der Waals surface area contributed by atoms with E-state index in [1.165, 1.54) is 0 Å². The van der Waals surface area contributed by atoms with Crippen LogP contribution in [0.4, 0.5) is 0 Å². The van der Waals surface area contributed by atoms with Crippen molar-refractivity contribution in [2.45, 2.75) is 31.2 Å². The van der Waals surface area contributed by atoms with E-state index in [4.69, 9.17) is 5.73 Å². The Labute approximate surface area is 131 Å². The second-order valence-corrected chi connectivity index (χ2v) is 7.49. The Bertz CT molecular complexity index is 631. The standard InChI is InChI=1S/C15H22N2O2S2/c1-12-11-15(7-6-14(12)5-4-9-16)21(18,19)17-13(2)8-10-20-3/h6-7,11,13,17H,8-10,16H2,1-3H3. The van der Waals surface area contributed by atoms with E-state index in [1.807, 2.05) is 20.1 Å². The maximum atomic E-state index is 12.3. The van der Waals surface area contributed by atoms with Crippen molar-refractivity contribution in [3.8, 4) is 11.8 Å². The molecule has 116 valence electrons. The lowest BCUT2D eigenvalue weighted by molar-refractivity contribution is 0.557. The first-order valence-corrected chi connectivity index (χ1v) is 9.59. The largest absolute Gasteiger partial charge is 0.320 e. The van der Waals surface area contributed by atoms with Gasteiger partial charge < -0.3 is 5.73 Å². The van der Waals surface area contributed by atoms with Crippen molar-refractivity contribution in [3.05, 3.63) is 29.3 Å². The summed E-state index contributed by atoms with van der Waals surface area (Å²) in [5.74, 6) is 6.62. The average molecular weight is 326 g/mol. The van der Waals surface area contributed by atoms with Crippen LogP contribution in [0.3, 0.4) is 0 Å². The molecule has 0 radical (unpaired) electrons. The summed E-state index contributed by atoms with van der Waals surface area (Å²) >= 11 is 1.70. The molecule has 0 aromatic heterocycles. The lowest BCUT2D eigenvalue weighted by atomic mass is 10.1. The maximum Gasteiger partial charge on any atom is 0.240 e. The molecular formula is C15H22N2O2S2. The zero-order chi connectivity index (χ0) is 15.9. The molecule has 0 amide bonds. The number of aryl methyl sites for hydroxylation is 1. The first kappa shape index (κ1) is 18.1. The van der Waals surface area contributed by atoms with Gasteiger partial charge in [0, 0.05) is 11.6 Å². The first-order valence-electron chi connectivity index (χ1n) is 6.71. The Morgan fingerprint density at radius 1 is 1.43 bits per heavy atom. The molecule has 21 heavy (non-hydrogen) atoms. The Morgan fingerprint density at radius 2 is 2.14 bits per heavy atom. The van der Waals surface area contributed by atoms with Crippen LogP contribution in [0.25, 0.3) is 0 Å². The van der Waals surface area contributed by atoms with Crippen molar-refractivity contribution < 1.29 is 8.42 Å². The van der Waals surface area contributed by atoms with Gasteiger partial charge in [0.15, 0.2) is 0 Å². The van der Waals surface area contributed by atoms with E-state index in [9.17, 15) is 8.42 Å². The molecular weight excluding hydrogens is 304 g/mol. The van der Waals surface area contributed by atoms with Gasteiger partial charge in [0.25, 0.3) is 0 Å². The molecule has 0 heterocycles. The second kappa shape index (κ2) is 8.44. The molecule has 0 saturated heterocycles. The summed E-state index contributed by atoms with van der Waals surface area (Å²) in [6.45, 7) is 4.01. The topological polar surface area (TPSA) is 72.2 Å². The molecule has 0 saturated carbocycles. The van der Waals surface area contributed by atoms with Crippen LogP contribution in [0.5, 0.6) is 0 Å². The molecule has 1 unspecified atom stereocenters. The SMILES string of the molecule is CSCCC(C)NS(=O)(=O)c1ccc(C#CCN)c(C)c1. The molecule has 0 spiro atoms. The number of sulfonamides is 1. The third-order valence-electron chi connectivity index (χ3n) is 2.94. The molecule has 0 aliphatic carbocycles. The van der Waals surface area contributed by atoms with Crippen molar-refractivity contribution in [3.63, 3.8) is 0 Å². The highest BCUT2D eigenvalue weighted by Crippen LogP contribution is 2.15. The Morgan fingerprint density at radius 3 is 2.71 bits per heavy atom. The number of rotatable bonds is 6. The number of hydrogen-bond acceptors (Lipinski definition) is 4. The van der Waals surface area contributed by atoms with Gasteiger partial charge in [-0.15, -0.1) is 0 Å². The highest BCUT2D eigenvalue weighted by Gasteiger charge is 2.17. The van der Waals surface area contributed by atoms with Gasteiger partial charge in [-0.3, -0.25) is 0 Å². The van der Waals surface area contributed by atoms with E-state index in [1.54, 1.807) is 30.0 Å². The molecule has 0 aliphatic heterocycles. The third kappa shape index (κ3) is 5.71. The lowest BCUT2D eigenvalue weighted by Crippen LogP contribution is -2.33. The number of benzene rings is 1. The van der Waals surface area contributed by atoms with Crippen molar-refractivity contribution >= 4 is 21.8 Å². The minimum absolute atomic E-state index is 0.0838. The fraction of sp³-hybridized carbons (Fsp3) is 0.467. The van der Waals surface area contributed by atoms with Crippen LogP contribution in [0.2, 0.25) is 0 Å². The van der Waals surface area contributed by atoms with Crippen molar-refractivity contribution in [2.75, 3.05) is 18.6 Å². The molecule has 1 rings (SSSR count). The van der Waals surface area contributed by atoms with Crippen LogP contribution in [0.1, 0.15) is 24.5 Å². The highest BCUT2D eigenvalue weighted by atomic mass is 32.2. The molecule has 0 fully saturated rings. The predicted molar refractivity (Wildman–Crippen MR) is 89.9 cm³/mol. The van der Waals surface area contributed by atoms with Crippen molar-refractivity contribution in [1.29, 1.82) is 0 Å². The van der Waals surface area contributed by atoms with E-state index in [-0.39, 0.29) is 17.5 Å². The molecule has 0 bridgehead atoms. The highest BCUT2D eigenvalue weighted by molar-refractivity contribution is 7.98. The lowest BCUT2D eigenvalue weighted by Gasteiger charge is -2.14. The van der Waals surface area contributed by atoms with E-state index < -0.39 is 10.0 Å². The average Bonchev–Trinajstić information content (AvgIpc) is 2.43. The molecule has 1 atom stereocenters. The zero-order valence-corrected chi connectivity index (χ0v) is 14.3. The molecule has 6 heteroatoms. The second-order valence-electron chi connectivity index (χ2n) is 4.79. The van der Waals surface area contributed by atoms with Crippen LogP contribution in [0, 0.1) is 18.8 Å². The van der Waals surface area contributed by atoms with Crippen LogP contribution in [-0.4, -0.2) is 33.0 Å². The number of thioether (sulfide) groups is 1.